The average molecular weight is 471 g/mol. The normalized spacial score (nSPS) is 14.2. The Morgan fingerprint density at radius 3 is 2.53 bits per heavy atom. The third-order valence-corrected chi connectivity index (χ3v) is 6.89. The van der Waals surface area contributed by atoms with Crippen molar-refractivity contribution < 1.29 is 9.59 Å². The minimum absolute atomic E-state index is 0.184. The van der Waals surface area contributed by atoms with Gasteiger partial charge in [0, 0.05) is 40.3 Å². The van der Waals surface area contributed by atoms with Crippen molar-refractivity contribution in [1.29, 1.82) is 0 Å². The van der Waals surface area contributed by atoms with E-state index < -0.39 is 11.9 Å². The van der Waals surface area contributed by atoms with E-state index >= 15 is 0 Å². The quantitative estimate of drug-likeness (QED) is 0.457. The number of hydrogen-bond acceptors (Lipinski definition) is 4. The first-order valence-electron chi connectivity index (χ1n) is 10.5. The van der Waals surface area contributed by atoms with Crippen LogP contribution in [0.2, 0.25) is 5.02 Å². The highest BCUT2D eigenvalue weighted by Crippen LogP contribution is 2.38. The van der Waals surface area contributed by atoms with Gasteiger partial charge in [-0.05, 0) is 29.5 Å². The third kappa shape index (κ3) is 4.75. The van der Waals surface area contributed by atoms with Crippen molar-refractivity contribution in [3.8, 4) is 0 Å². The number of thiophene rings is 1. The predicted octanol–water partition coefficient (Wildman–Crippen LogP) is 5.70. The molecule has 0 spiro atoms. The van der Waals surface area contributed by atoms with Crippen molar-refractivity contribution in [3.63, 3.8) is 0 Å². The van der Waals surface area contributed by atoms with E-state index in [2.05, 4.69) is 36.3 Å². The monoisotopic (exact) mass is 470 g/mol. The van der Waals surface area contributed by atoms with E-state index in [-0.39, 0.29) is 5.41 Å². The van der Waals surface area contributed by atoms with Crippen LogP contribution in [-0.4, -0.2) is 29.9 Å². The lowest BCUT2D eigenvalue weighted by Crippen LogP contribution is -2.36. The summed E-state index contributed by atoms with van der Waals surface area (Å²) in [7, 11) is 0. The van der Waals surface area contributed by atoms with Crippen molar-refractivity contribution in [2.75, 3.05) is 23.7 Å². The van der Waals surface area contributed by atoms with E-state index in [1.54, 1.807) is 12.1 Å². The number of fused-ring (bicyclic) bond motifs is 2. The molecule has 1 aromatic heterocycles. The van der Waals surface area contributed by atoms with Gasteiger partial charge in [0.05, 0.1) is 11.3 Å². The molecule has 0 fully saturated rings. The van der Waals surface area contributed by atoms with Crippen molar-refractivity contribution in [3.05, 3.63) is 57.4 Å². The number of benzene rings is 2. The molecule has 3 aromatic rings. The molecule has 3 amide bonds. The van der Waals surface area contributed by atoms with Crippen LogP contribution in [0.1, 0.15) is 41.6 Å². The molecule has 0 aliphatic carbocycles. The van der Waals surface area contributed by atoms with Gasteiger partial charge in [0.25, 0.3) is 5.91 Å². The predicted molar refractivity (Wildman–Crippen MR) is 133 cm³/mol. The van der Waals surface area contributed by atoms with Crippen molar-refractivity contribution >= 4 is 56.3 Å². The van der Waals surface area contributed by atoms with E-state index in [9.17, 15) is 9.59 Å². The van der Waals surface area contributed by atoms with Crippen LogP contribution in [0.3, 0.4) is 0 Å². The molecule has 1 aliphatic heterocycles. The van der Waals surface area contributed by atoms with Gasteiger partial charge in [-0.15, -0.1) is 11.3 Å². The maximum Gasteiger partial charge on any atom is 0.324 e. The number of amides is 3. The molecule has 0 atom stereocenters. The summed E-state index contributed by atoms with van der Waals surface area (Å²) >= 11 is 7.71. The standard InChI is InChI=1S/C24H27ClN4O2S/c1-24(2,3)13-29-11-10-16-19(12-29)32-22(20(16)21(26)30)28-23(31)27-18-9-8-17(25)14-6-4-5-7-15(14)18/h4-9H,10-13H2,1-3H3,(H2,26,30)(H2,27,28,31). The Morgan fingerprint density at radius 1 is 1.12 bits per heavy atom. The SMILES string of the molecule is CC(C)(C)CN1CCc2c(sc(NC(=O)Nc3ccc(Cl)c4ccccc34)c2C(N)=O)C1. The molecule has 8 heteroatoms. The number of anilines is 2. The lowest BCUT2D eigenvalue weighted by molar-refractivity contribution is 0.0999. The molecule has 0 saturated carbocycles. The summed E-state index contributed by atoms with van der Waals surface area (Å²) in [6, 6.07) is 10.7. The Hall–Kier alpha value is -2.61. The van der Waals surface area contributed by atoms with Crippen LogP contribution in [0.25, 0.3) is 10.8 Å². The number of halogens is 1. The second kappa shape index (κ2) is 8.73. The highest BCUT2D eigenvalue weighted by molar-refractivity contribution is 7.17. The fourth-order valence-electron chi connectivity index (χ4n) is 4.24. The van der Waals surface area contributed by atoms with Crippen molar-refractivity contribution in [1.82, 2.24) is 4.90 Å². The second-order valence-electron chi connectivity index (χ2n) is 9.31. The van der Waals surface area contributed by atoms with Crippen LogP contribution in [0.4, 0.5) is 15.5 Å². The van der Waals surface area contributed by atoms with Crippen LogP contribution in [0.15, 0.2) is 36.4 Å². The van der Waals surface area contributed by atoms with Gasteiger partial charge in [0.2, 0.25) is 0 Å². The molecule has 0 bridgehead atoms. The zero-order valence-corrected chi connectivity index (χ0v) is 20.0. The van der Waals surface area contributed by atoms with Crippen LogP contribution in [0, 0.1) is 5.41 Å². The summed E-state index contributed by atoms with van der Waals surface area (Å²) in [6.45, 7) is 9.21. The van der Waals surface area contributed by atoms with Gasteiger partial charge < -0.3 is 11.1 Å². The summed E-state index contributed by atoms with van der Waals surface area (Å²) < 4.78 is 0. The van der Waals surface area contributed by atoms with E-state index in [0.29, 0.717) is 21.3 Å². The first-order valence-corrected chi connectivity index (χ1v) is 11.7. The Kier molecular flexibility index (Phi) is 6.16. The second-order valence-corrected chi connectivity index (χ2v) is 10.8. The summed E-state index contributed by atoms with van der Waals surface area (Å²) in [5.41, 5.74) is 7.92. The number of carbonyl (C=O) groups excluding carboxylic acids is 2. The van der Waals surface area contributed by atoms with Gasteiger partial charge in [-0.3, -0.25) is 15.0 Å². The van der Waals surface area contributed by atoms with Crippen LogP contribution in [-0.2, 0) is 13.0 Å². The molecular formula is C24H27ClN4O2S. The summed E-state index contributed by atoms with van der Waals surface area (Å²) in [6.07, 6.45) is 0.741. The molecule has 0 unspecified atom stereocenters. The van der Waals surface area contributed by atoms with Gasteiger partial charge in [0.1, 0.15) is 5.00 Å². The highest BCUT2D eigenvalue weighted by Gasteiger charge is 2.29. The van der Waals surface area contributed by atoms with Gasteiger partial charge in [0.15, 0.2) is 0 Å². The molecule has 2 aromatic carbocycles. The number of nitrogens with two attached hydrogens (primary N) is 1. The number of carbonyl (C=O) groups is 2. The van der Waals surface area contributed by atoms with Gasteiger partial charge in [-0.25, -0.2) is 4.79 Å². The zero-order valence-electron chi connectivity index (χ0n) is 18.4. The largest absolute Gasteiger partial charge is 0.365 e. The molecule has 6 nitrogen and oxygen atoms in total. The number of rotatable bonds is 4. The molecule has 4 rings (SSSR count). The molecule has 1 aliphatic rings. The maximum absolute atomic E-state index is 12.8. The minimum atomic E-state index is -0.515. The fourth-order valence-corrected chi connectivity index (χ4v) is 5.76. The number of urea groups is 1. The van der Waals surface area contributed by atoms with Gasteiger partial charge in [-0.2, -0.15) is 0 Å². The van der Waals surface area contributed by atoms with E-state index in [1.165, 1.54) is 11.3 Å². The Morgan fingerprint density at radius 2 is 1.84 bits per heavy atom. The molecule has 0 radical (unpaired) electrons. The molecule has 32 heavy (non-hydrogen) atoms. The van der Waals surface area contributed by atoms with Crippen molar-refractivity contribution in [2.45, 2.75) is 33.7 Å². The highest BCUT2D eigenvalue weighted by atomic mass is 35.5. The lowest BCUT2D eigenvalue weighted by atomic mass is 9.94. The van der Waals surface area contributed by atoms with Gasteiger partial charge >= 0.3 is 6.03 Å². The summed E-state index contributed by atoms with van der Waals surface area (Å²) in [4.78, 5) is 28.6. The maximum atomic E-state index is 12.8. The van der Waals surface area contributed by atoms with Crippen LogP contribution < -0.4 is 16.4 Å². The summed E-state index contributed by atoms with van der Waals surface area (Å²) in [5, 5.41) is 8.55. The topological polar surface area (TPSA) is 87.5 Å². The first kappa shape index (κ1) is 22.6. The third-order valence-electron chi connectivity index (χ3n) is 5.43. The van der Waals surface area contributed by atoms with Gasteiger partial charge in [-0.1, -0.05) is 56.6 Å². The number of hydrogen-bond donors (Lipinski definition) is 3. The first-order chi connectivity index (χ1) is 15.1. The fraction of sp³-hybridized carbons (Fsp3) is 0.333. The Balaban J connectivity index is 1.57. The Labute approximate surface area is 196 Å². The average Bonchev–Trinajstić information content (AvgIpc) is 3.06. The van der Waals surface area contributed by atoms with Crippen molar-refractivity contribution in [2.24, 2.45) is 11.1 Å². The van der Waals surface area contributed by atoms with Crippen LogP contribution in [0.5, 0.6) is 0 Å². The molecule has 168 valence electrons. The number of nitrogens with one attached hydrogen (secondary N) is 2. The molecular weight excluding hydrogens is 444 g/mol. The smallest absolute Gasteiger partial charge is 0.324 e. The summed E-state index contributed by atoms with van der Waals surface area (Å²) in [5.74, 6) is -0.515. The zero-order chi connectivity index (χ0) is 23.0. The minimum Gasteiger partial charge on any atom is -0.365 e. The van der Waals surface area contributed by atoms with E-state index in [4.69, 9.17) is 17.3 Å². The molecule has 0 saturated heterocycles. The van der Waals surface area contributed by atoms with Crippen LogP contribution >= 0.6 is 22.9 Å². The molecule has 2 heterocycles. The number of nitrogens with zero attached hydrogens (tertiary/aromatic N) is 1. The van der Waals surface area contributed by atoms with E-state index in [1.807, 2.05) is 24.3 Å². The Bertz CT molecular complexity index is 1200. The number of primary amides is 1. The molecule has 4 N–H and O–H groups in total. The van der Waals surface area contributed by atoms with E-state index in [0.717, 1.165) is 47.3 Å². The lowest BCUT2D eigenvalue weighted by Gasteiger charge is -2.32.